The van der Waals surface area contributed by atoms with E-state index in [4.69, 9.17) is 11.5 Å². The zero-order valence-electron chi connectivity index (χ0n) is 11.5. The van der Waals surface area contributed by atoms with Crippen LogP contribution in [-0.2, 0) is 11.2 Å². The zero-order valence-corrected chi connectivity index (χ0v) is 11.5. The molecule has 1 amide bonds. The van der Waals surface area contributed by atoms with Crippen LogP contribution in [0.5, 0.6) is 0 Å². The van der Waals surface area contributed by atoms with Crippen LogP contribution in [0.25, 0.3) is 0 Å². The summed E-state index contributed by atoms with van der Waals surface area (Å²) in [5, 5.41) is 3.11. The van der Waals surface area contributed by atoms with Gasteiger partial charge in [0.05, 0.1) is 6.04 Å². The standard InChI is InChI=1S/C15H23N3O/c1-10(16)5-8-15(19)18-14-4-2-3-11-9-12(17)6-7-13(11)14/h6-7,9-10,14H,2-5,8,16-17H2,1H3,(H,18,19). The predicted molar refractivity (Wildman–Crippen MR) is 77.6 cm³/mol. The first-order chi connectivity index (χ1) is 9.06. The fourth-order valence-electron chi connectivity index (χ4n) is 2.61. The van der Waals surface area contributed by atoms with Crippen LogP contribution in [0, 0.1) is 0 Å². The summed E-state index contributed by atoms with van der Waals surface area (Å²) in [6.45, 7) is 1.92. The highest BCUT2D eigenvalue weighted by Gasteiger charge is 2.21. The molecule has 4 nitrogen and oxygen atoms in total. The molecule has 1 aliphatic rings. The van der Waals surface area contributed by atoms with Crippen LogP contribution < -0.4 is 16.8 Å². The predicted octanol–water partition coefficient (Wildman–Crippen LogP) is 1.89. The second-order valence-electron chi connectivity index (χ2n) is 5.49. The largest absolute Gasteiger partial charge is 0.399 e. The van der Waals surface area contributed by atoms with Gasteiger partial charge in [0.2, 0.25) is 5.91 Å². The number of nitrogens with two attached hydrogens (primary N) is 2. The summed E-state index contributed by atoms with van der Waals surface area (Å²) < 4.78 is 0. The lowest BCUT2D eigenvalue weighted by atomic mass is 9.87. The Labute approximate surface area is 114 Å². The molecule has 2 unspecified atom stereocenters. The van der Waals surface area contributed by atoms with Crippen LogP contribution in [-0.4, -0.2) is 11.9 Å². The maximum atomic E-state index is 11.9. The summed E-state index contributed by atoms with van der Waals surface area (Å²) in [4.78, 5) is 11.9. The highest BCUT2D eigenvalue weighted by Crippen LogP contribution is 2.30. The lowest BCUT2D eigenvalue weighted by Gasteiger charge is -2.26. The van der Waals surface area contributed by atoms with Crippen molar-refractivity contribution in [2.75, 3.05) is 5.73 Å². The lowest BCUT2D eigenvalue weighted by molar-refractivity contribution is -0.122. The zero-order chi connectivity index (χ0) is 13.8. The minimum atomic E-state index is 0.0733. The number of anilines is 1. The summed E-state index contributed by atoms with van der Waals surface area (Å²) in [5.41, 5.74) is 14.8. The monoisotopic (exact) mass is 261 g/mol. The summed E-state index contributed by atoms with van der Waals surface area (Å²) >= 11 is 0. The van der Waals surface area contributed by atoms with E-state index in [1.807, 2.05) is 25.1 Å². The Morgan fingerprint density at radius 2 is 2.32 bits per heavy atom. The van der Waals surface area contributed by atoms with Crippen LogP contribution in [0.4, 0.5) is 5.69 Å². The van der Waals surface area contributed by atoms with Gasteiger partial charge in [-0.25, -0.2) is 0 Å². The molecule has 0 saturated heterocycles. The normalized spacial score (nSPS) is 19.6. The number of amides is 1. The molecular formula is C15H23N3O. The molecule has 0 spiro atoms. The van der Waals surface area contributed by atoms with Crippen molar-refractivity contribution in [3.05, 3.63) is 29.3 Å². The van der Waals surface area contributed by atoms with Crippen molar-refractivity contribution in [1.82, 2.24) is 5.32 Å². The van der Waals surface area contributed by atoms with Gasteiger partial charge in [0.25, 0.3) is 0 Å². The Morgan fingerprint density at radius 3 is 3.05 bits per heavy atom. The van der Waals surface area contributed by atoms with Gasteiger partial charge in [0.1, 0.15) is 0 Å². The van der Waals surface area contributed by atoms with E-state index in [1.165, 1.54) is 11.1 Å². The molecule has 0 saturated carbocycles. The number of nitrogens with one attached hydrogen (secondary N) is 1. The van der Waals surface area contributed by atoms with Crippen molar-refractivity contribution in [3.63, 3.8) is 0 Å². The number of carbonyl (C=O) groups excluding carboxylic acids is 1. The van der Waals surface area contributed by atoms with Gasteiger partial charge >= 0.3 is 0 Å². The molecule has 1 aromatic carbocycles. The van der Waals surface area contributed by atoms with E-state index in [0.29, 0.717) is 6.42 Å². The smallest absolute Gasteiger partial charge is 0.220 e. The van der Waals surface area contributed by atoms with Crippen molar-refractivity contribution in [1.29, 1.82) is 0 Å². The lowest BCUT2D eigenvalue weighted by Crippen LogP contribution is -2.31. The molecule has 5 N–H and O–H groups in total. The van der Waals surface area contributed by atoms with E-state index in [2.05, 4.69) is 5.32 Å². The third kappa shape index (κ3) is 3.70. The van der Waals surface area contributed by atoms with Crippen molar-refractivity contribution < 1.29 is 4.79 Å². The van der Waals surface area contributed by atoms with Crippen LogP contribution in [0.2, 0.25) is 0 Å². The van der Waals surface area contributed by atoms with Crippen LogP contribution in [0.1, 0.15) is 49.8 Å². The molecule has 0 heterocycles. The molecule has 2 atom stereocenters. The highest BCUT2D eigenvalue weighted by molar-refractivity contribution is 5.76. The van der Waals surface area contributed by atoms with E-state index >= 15 is 0 Å². The third-order valence-electron chi connectivity index (χ3n) is 3.64. The molecule has 0 aliphatic heterocycles. The van der Waals surface area contributed by atoms with Crippen molar-refractivity contribution in [2.45, 2.75) is 51.1 Å². The Hall–Kier alpha value is -1.55. The Kier molecular flexibility index (Phi) is 4.43. The van der Waals surface area contributed by atoms with Crippen LogP contribution in [0.15, 0.2) is 18.2 Å². The van der Waals surface area contributed by atoms with E-state index in [0.717, 1.165) is 31.4 Å². The maximum Gasteiger partial charge on any atom is 0.220 e. The van der Waals surface area contributed by atoms with Crippen molar-refractivity contribution >= 4 is 11.6 Å². The minimum Gasteiger partial charge on any atom is -0.399 e. The number of hydrogen-bond donors (Lipinski definition) is 3. The van der Waals surface area contributed by atoms with E-state index in [1.54, 1.807) is 0 Å². The summed E-state index contributed by atoms with van der Waals surface area (Å²) in [6, 6.07) is 6.18. The number of carbonyl (C=O) groups is 1. The fraction of sp³-hybridized carbons (Fsp3) is 0.533. The average molecular weight is 261 g/mol. The summed E-state index contributed by atoms with van der Waals surface area (Å²) in [6.07, 6.45) is 4.37. The van der Waals surface area contributed by atoms with Crippen LogP contribution in [0.3, 0.4) is 0 Å². The molecule has 0 aromatic heterocycles. The molecule has 0 fully saturated rings. The summed E-state index contributed by atoms with van der Waals surface area (Å²) in [7, 11) is 0. The number of hydrogen-bond acceptors (Lipinski definition) is 3. The average Bonchev–Trinajstić information content (AvgIpc) is 2.36. The topological polar surface area (TPSA) is 81.1 Å². The highest BCUT2D eigenvalue weighted by atomic mass is 16.1. The van der Waals surface area contributed by atoms with E-state index in [-0.39, 0.29) is 18.0 Å². The quantitative estimate of drug-likeness (QED) is 0.724. The first-order valence-electron chi connectivity index (χ1n) is 6.99. The van der Waals surface area contributed by atoms with E-state index in [9.17, 15) is 4.79 Å². The van der Waals surface area contributed by atoms with Gasteiger partial charge in [-0.05, 0) is 55.9 Å². The second kappa shape index (κ2) is 6.06. The molecule has 0 bridgehead atoms. The van der Waals surface area contributed by atoms with Gasteiger partial charge in [-0.2, -0.15) is 0 Å². The number of aryl methyl sites for hydroxylation is 1. The van der Waals surface area contributed by atoms with Gasteiger partial charge in [-0.15, -0.1) is 0 Å². The Bertz CT molecular complexity index is 457. The molecule has 4 heteroatoms. The number of rotatable bonds is 4. The second-order valence-corrected chi connectivity index (χ2v) is 5.49. The number of nitrogen functional groups attached to an aromatic ring is 1. The molecule has 19 heavy (non-hydrogen) atoms. The van der Waals surface area contributed by atoms with E-state index < -0.39 is 0 Å². The minimum absolute atomic E-state index is 0.0733. The van der Waals surface area contributed by atoms with Crippen molar-refractivity contribution in [2.24, 2.45) is 5.73 Å². The van der Waals surface area contributed by atoms with Gasteiger partial charge in [-0.1, -0.05) is 6.07 Å². The molecule has 0 radical (unpaired) electrons. The molecule has 1 aliphatic carbocycles. The number of fused-ring (bicyclic) bond motifs is 1. The molecule has 2 rings (SSSR count). The Morgan fingerprint density at radius 1 is 1.53 bits per heavy atom. The van der Waals surface area contributed by atoms with Gasteiger partial charge in [0, 0.05) is 18.2 Å². The first-order valence-corrected chi connectivity index (χ1v) is 6.99. The van der Waals surface area contributed by atoms with Gasteiger partial charge < -0.3 is 16.8 Å². The van der Waals surface area contributed by atoms with Crippen molar-refractivity contribution in [3.8, 4) is 0 Å². The SMILES string of the molecule is CC(N)CCC(=O)NC1CCCc2cc(N)ccc21. The summed E-state index contributed by atoms with van der Waals surface area (Å²) in [5.74, 6) is 0.0898. The number of benzene rings is 1. The van der Waals surface area contributed by atoms with Crippen LogP contribution >= 0.6 is 0 Å². The maximum absolute atomic E-state index is 11.9. The molecule has 1 aromatic rings. The Balaban J connectivity index is 2.01. The molecular weight excluding hydrogens is 238 g/mol. The molecule has 104 valence electrons. The van der Waals surface area contributed by atoms with Gasteiger partial charge in [0.15, 0.2) is 0 Å². The van der Waals surface area contributed by atoms with Gasteiger partial charge in [-0.3, -0.25) is 4.79 Å². The third-order valence-corrected chi connectivity index (χ3v) is 3.64. The first kappa shape index (κ1) is 13.9. The fourth-order valence-corrected chi connectivity index (χ4v) is 2.61.